The Balaban J connectivity index is 2.27. The van der Waals surface area contributed by atoms with Gasteiger partial charge < -0.3 is 5.32 Å². The van der Waals surface area contributed by atoms with Crippen molar-refractivity contribution < 1.29 is 13.2 Å². The van der Waals surface area contributed by atoms with Gasteiger partial charge in [0.2, 0.25) is 0 Å². The molecule has 1 nitrogen and oxygen atoms in total. The van der Waals surface area contributed by atoms with Crippen molar-refractivity contribution in [1.29, 1.82) is 0 Å². The molecule has 100 valence electrons. The predicted molar refractivity (Wildman–Crippen MR) is 68.3 cm³/mol. The summed E-state index contributed by atoms with van der Waals surface area (Å²) < 4.78 is 40.3. The van der Waals surface area contributed by atoms with E-state index in [0.29, 0.717) is 6.42 Å². The minimum atomic E-state index is -0.582. The Kier molecular flexibility index (Phi) is 4.22. The third-order valence-corrected chi connectivity index (χ3v) is 3.05. The Morgan fingerprint density at radius 3 is 2.05 bits per heavy atom. The third-order valence-electron chi connectivity index (χ3n) is 3.05. The summed E-state index contributed by atoms with van der Waals surface area (Å²) in [5.41, 5.74) is 0.817. The molecule has 0 fully saturated rings. The van der Waals surface area contributed by atoms with E-state index in [1.54, 1.807) is 19.2 Å². The lowest BCUT2D eigenvalue weighted by Crippen LogP contribution is -2.21. The van der Waals surface area contributed by atoms with E-state index in [-0.39, 0.29) is 11.4 Å². The van der Waals surface area contributed by atoms with Crippen molar-refractivity contribution in [3.63, 3.8) is 0 Å². The average molecular weight is 265 g/mol. The summed E-state index contributed by atoms with van der Waals surface area (Å²) in [6.45, 7) is 0. The average Bonchev–Trinajstić information content (AvgIpc) is 2.39. The molecule has 0 amide bonds. The molecule has 0 saturated carbocycles. The number of halogens is 3. The summed E-state index contributed by atoms with van der Waals surface area (Å²) in [4.78, 5) is 0. The highest BCUT2D eigenvalue weighted by Gasteiger charge is 2.18. The van der Waals surface area contributed by atoms with Gasteiger partial charge in [0, 0.05) is 11.6 Å². The Bertz CT molecular complexity index is 532. The lowest BCUT2D eigenvalue weighted by molar-refractivity contribution is 0.489. The highest BCUT2D eigenvalue weighted by Crippen LogP contribution is 2.24. The van der Waals surface area contributed by atoms with E-state index in [9.17, 15) is 13.2 Å². The molecule has 2 rings (SSSR count). The maximum atomic E-state index is 13.7. The summed E-state index contributed by atoms with van der Waals surface area (Å²) >= 11 is 0. The highest BCUT2D eigenvalue weighted by atomic mass is 19.1. The van der Waals surface area contributed by atoms with Gasteiger partial charge in [-0.1, -0.05) is 18.2 Å². The van der Waals surface area contributed by atoms with Crippen molar-refractivity contribution in [1.82, 2.24) is 5.32 Å². The van der Waals surface area contributed by atoms with Crippen LogP contribution in [0.2, 0.25) is 0 Å². The van der Waals surface area contributed by atoms with Crippen LogP contribution in [0.25, 0.3) is 0 Å². The van der Waals surface area contributed by atoms with Crippen molar-refractivity contribution in [2.45, 2.75) is 12.5 Å². The molecule has 4 heteroatoms. The van der Waals surface area contributed by atoms with Crippen LogP contribution in [0.5, 0.6) is 0 Å². The molecule has 0 spiro atoms. The first kappa shape index (κ1) is 13.6. The fourth-order valence-electron chi connectivity index (χ4n) is 2.05. The maximum absolute atomic E-state index is 13.7. The van der Waals surface area contributed by atoms with Crippen LogP contribution in [-0.4, -0.2) is 7.05 Å². The molecule has 0 aliphatic carbocycles. The second-order valence-electron chi connectivity index (χ2n) is 4.31. The predicted octanol–water partition coefficient (Wildman–Crippen LogP) is 3.61. The van der Waals surface area contributed by atoms with Crippen LogP contribution in [-0.2, 0) is 6.42 Å². The number of rotatable bonds is 4. The zero-order valence-electron chi connectivity index (χ0n) is 10.5. The number of nitrogens with one attached hydrogen (secondary N) is 1. The van der Waals surface area contributed by atoms with Crippen LogP contribution in [0.3, 0.4) is 0 Å². The monoisotopic (exact) mass is 265 g/mol. The van der Waals surface area contributed by atoms with Gasteiger partial charge in [0.05, 0.1) is 0 Å². The molecule has 1 atom stereocenters. The van der Waals surface area contributed by atoms with Crippen LogP contribution in [0.4, 0.5) is 13.2 Å². The molecule has 19 heavy (non-hydrogen) atoms. The number of hydrogen-bond donors (Lipinski definition) is 1. The summed E-state index contributed by atoms with van der Waals surface area (Å²) in [6.07, 6.45) is 0.384. The highest BCUT2D eigenvalue weighted by molar-refractivity contribution is 5.26. The van der Waals surface area contributed by atoms with Gasteiger partial charge in [0.1, 0.15) is 17.5 Å². The van der Waals surface area contributed by atoms with Gasteiger partial charge in [0.25, 0.3) is 0 Å². The minimum absolute atomic E-state index is 0.00863. The number of benzene rings is 2. The van der Waals surface area contributed by atoms with E-state index in [2.05, 4.69) is 5.32 Å². The van der Waals surface area contributed by atoms with E-state index < -0.39 is 17.7 Å². The van der Waals surface area contributed by atoms with Gasteiger partial charge in [-0.2, -0.15) is 0 Å². The normalized spacial score (nSPS) is 12.4. The number of hydrogen-bond acceptors (Lipinski definition) is 1. The van der Waals surface area contributed by atoms with Gasteiger partial charge >= 0.3 is 0 Å². The van der Waals surface area contributed by atoms with Crippen molar-refractivity contribution in [3.8, 4) is 0 Å². The van der Waals surface area contributed by atoms with Gasteiger partial charge in [-0.05, 0) is 43.3 Å². The second-order valence-corrected chi connectivity index (χ2v) is 4.31. The largest absolute Gasteiger partial charge is 0.313 e. The molecular weight excluding hydrogens is 251 g/mol. The first-order valence-electron chi connectivity index (χ1n) is 5.97. The van der Waals surface area contributed by atoms with Gasteiger partial charge in [-0.15, -0.1) is 0 Å². The first-order chi connectivity index (χ1) is 9.11. The van der Waals surface area contributed by atoms with Crippen LogP contribution >= 0.6 is 0 Å². The summed E-state index contributed by atoms with van der Waals surface area (Å²) in [5, 5.41) is 2.89. The Morgan fingerprint density at radius 1 is 0.947 bits per heavy atom. The van der Waals surface area contributed by atoms with Crippen molar-refractivity contribution in [2.24, 2.45) is 0 Å². The summed E-state index contributed by atoms with van der Waals surface area (Å²) in [5.74, 6) is -1.50. The SMILES string of the molecule is CNC(Cc1ccc(F)cc1)c1c(F)cccc1F. The van der Waals surface area contributed by atoms with E-state index in [1.807, 2.05) is 0 Å². The molecule has 2 aromatic rings. The first-order valence-corrected chi connectivity index (χ1v) is 5.97. The lowest BCUT2D eigenvalue weighted by Gasteiger charge is -2.18. The third kappa shape index (κ3) is 3.15. The zero-order valence-corrected chi connectivity index (χ0v) is 10.5. The van der Waals surface area contributed by atoms with Crippen LogP contribution in [0, 0.1) is 17.5 Å². The molecule has 0 bridgehead atoms. The van der Waals surface area contributed by atoms with Gasteiger partial charge in [-0.25, -0.2) is 13.2 Å². The van der Waals surface area contributed by atoms with E-state index >= 15 is 0 Å². The second kappa shape index (κ2) is 5.89. The summed E-state index contributed by atoms with van der Waals surface area (Å²) in [6, 6.07) is 9.18. The van der Waals surface area contributed by atoms with Gasteiger partial charge in [-0.3, -0.25) is 0 Å². The van der Waals surface area contributed by atoms with Crippen LogP contribution < -0.4 is 5.32 Å². The summed E-state index contributed by atoms with van der Waals surface area (Å²) in [7, 11) is 1.64. The molecule has 1 N–H and O–H groups in total. The topological polar surface area (TPSA) is 12.0 Å². The van der Waals surface area contributed by atoms with Crippen molar-refractivity contribution >= 4 is 0 Å². The molecule has 1 unspecified atom stereocenters. The van der Waals surface area contributed by atoms with E-state index in [0.717, 1.165) is 5.56 Å². The maximum Gasteiger partial charge on any atom is 0.130 e. The van der Waals surface area contributed by atoms with Crippen LogP contribution in [0.1, 0.15) is 17.2 Å². The molecule has 2 aromatic carbocycles. The standard InChI is InChI=1S/C15H14F3N/c1-19-14(9-10-5-7-11(16)8-6-10)15-12(17)3-2-4-13(15)18/h2-8,14,19H,9H2,1H3. The lowest BCUT2D eigenvalue weighted by atomic mass is 9.98. The van der Waals surface area contributed by atoms with Gasteiger partial charge in [0.15, 0.2) is 0 Å². The molecule has 0 aromatic heterocycles. The van der Waals surface area contributed by atoms with Crippen LogP contribution in [0.15, 0.2) is 42.5 Å². The van der Waals surface area contributed by atoms with E-state index in [4.69, 9.17) is 0 Å². The molecule has 0 heterocycles. The Labute approximate surface area is 110 Å². The Hall–Kier alpha value is -1.81. The van der Waals surface area contributed by atoms with Crippen molar-refractivity contribution in [2.75, 3.05) is 7.05 Å². The van der Waals surface area contributed by atoms with Crippen molar-refractivity contribution in [3.05, 3.63) is 71.0 Å². The molecule has 0 aliphatic rings. The quantitative estimate of drug-likeness (QED) is 0.890. The van der Waals surface area contributed by atoms with E-state index in [1.165, 1.54) is 30.3 Å². The molecule has 0 aliphatic heterocycles. The Morgan fingerprint density at radius 2 is 1.53 bits per heavy atom. The molecular formula is C15H14F3N. The minimum Gasteiger partial charge on any atom is -0.313 e. The molecule has 0 radical (unpaired) electrons. The molecule has 0 saturated heterocycles. The zero-order chi connectivity index (χ0) is 13.8. The fraction of sp³-hybridized carbons (Fsp3) is 0.200. The smallest absolute Gasteiger partial charge is 0.130 e. The fourth-order valence-corrected chi connectivity index (χ4v) is 2.05. The number of likely N-dealkylation sites (N-methyl/N-ethyl adjacent to an activating group) is 1.